The van der Waals surface area contributed by atoms with Crippen LogP contribution in [0.25, 0.3) is 0 Å². The maximum Gasteiger partial charge on any atom is 0.301 e. The molecule has 0 aliphatic heterocycles. The number of nitrogen functional groups attached to an aromatic ring is 1. The highest BCUT2D eigenvalue weighted by atomic mass is 16.3. The Morgan fingerprint density at radius 3 is 3.05 bits per heavy atom. The van der Waals surface area contributed by atoms with Crippen LogP contribution in [0.1, 0.15) is 48.7 Å². The first-order valence-corrected chi connectivity index (χ1v) is 6.89. The minimum Gasteiger partial charge on any atom is -0.459 e. The second-order valence-electron chi connectivity index (χ2n) is 5.59. The molecule has 1 aromatic rings. The third kappa shape index (κ3) is 3.36. The van der Waals surface area contributed by atoms with E-state index < -0.39 is 0 Å². The first kappa shape index (κ1) is 14.1. The van der Waals surface area contributed by atoms with Crippen molar-refractivity contribution < 1.29 is 9.21 Å². The number of carbonyl (C=O) groups is 1. The molecule has 2 atom stereocenters. The van der Waals surface area contributed by atoms with E-state index in [-0.39, 0.29) is 5.91 Å². The lowest BCUT2D eigenvalue weighted by molar-refractivity contribution is 0.0921. The minimum atomic E-state index is -0.370. The third-order valence-electron chi connectivity index (χ3n) is 4.04. The molecule has 1 saturated carbocycles. The minimum absolute atomic E-state index is 0.318. The predicted octanol–water partition coefficient (Wildman–Crippen LogP) is 1.89. The average molecular weight is 265 g/mol. The van der Waals surface area contributed by atoms with Crippen molar-refractivity contribution in [1.29, 1.82) is 0 Å². The summed E-state index contributed by atoms with van der Waals surface area (Å²) in [5, 5.41) is 0. The van der Waals surface area contributed by atoms with Crippen molar-refractivity contribution in [3.8, 4) is 0 Å². The first-order chi connectivity index (χ1) is 9.11. The van der Waals surface area contributed by atoms with Crippen molar-refractivity contribution in [3.63, 3.8) is 0 Å². The van der Waals surface area contributed by atoms with Gasteiger partial charge in [0.1, 0.15) is 0 Å². The van der Waals surface area contributed by atoms with Gasteiger partial charge in [-0.15, -0.1) is 0 Å². The van der Waals surface area contributed by atoms with Gasteiger partial charge in [-0.1, -0.05) is 19.8 Å². The molecule has 1 aromatic heterocycles. The number of nitrogens with two attached hydrogens (primary N) is 1. The van der Waals surface area contributed by atoms with Crippen LogP contribution in [0.2, 0.25) is 0 Å². The lowest BCUT2D eigenvalue weighted by atomic mass is 9.86. The van der Waals surface area contributed by atoms with Gasteiger partial charge in [0.15, 0.2) is 5.76 Å². The van der Waals surface area contributed by atoms with Gasteiger partial charge in [0, 0.05) is 18.2 Å². The summed E-state index contributed by atoms with van der Waals surface area (Å²) in [6, 6.07) is 2.43. The average Bonchev–Trinajstić information content (AvgIpc) is 2.86. The zero-order valence-electron chi connectivity index (χ0n) is 11.7. The number of nitrogens with one attached hydrogen (secondary N) is 1. The molecule has 1 aliphatic carbocycles. The molecule has 1 heterocycles. The molecule has 0 spiro atoms. The van der Waals surface area contributed by atoms with Crippen LogP contribution in [-0.4, -0.2) is 23.9 Å². The van der Waals surface area contributed by atoms with Gasteiger partial charge in [0.25, 0.3) is 0 Å². The van der Waals surface area contributed by atoms with Crippen LogP contribution in [0.3, 0.4) is 0 Å². The van der Waals surface area contributed by atoms with Crippen LogP contribution < -0.4 is 11.3 Å². The topological polar surface area (TPSA) is 71.5 Å². The maximum absolute atomic E-state index is 11.6. The smallest absolute Gasteiger partial charge is 0.301 e. The molecule has 5 nitrogen and oxygen atoms in total. The zero-order valence-corrected chi connectivity index (χ0v) is 11.7. The Bertz CT molecular complexity index is 430. The number of hydrogen-bond acceptors (Lipinski definition) is 4. The summed E-state index contributed by atoms with van der Waals surface area (Å²) < 4.78 is 5.21. The fourth-order valence-electron chi connectivity index (χ4n) is 2.93. The summed E-state index contributed by atoms with van der Waals surface area (Å²) in [4.78, 5) is 13.9. The van der Waals surface area contributed by atoms with Crippen LogP contribution in [0, 0.1) is 5.92 Å². The summed E-state index contributed by atoms with van der Waals surface area (Å²) in [6.45, 7) is 3.03. The van der Waals surface area contributed by atoms with Crippen LogP contribution in [0.5, 0.6) is 0 Å². The molecule has 0 radical (unpaired) electrons. The van der Waals surface area contributed by atoms with Gasteiger partial charge < -0.3 is 4.42 Å². The van der Waals surface area contributed by atoms with E-state index in [1.807, 2.05) is 6.07 Å². The lowest BCUT2D eigenvalue weighted by Crippen LogP contribution is -2.36. The number of hydrogen-bond donors (Lipinski definition) is 2. The Morgan fingerprint density at radius 1 is 1.58 bits per heavy atom. The molecule has 2 unspecified atom stereocenters. The maximum atomic E-state index is 11.6. The van der Waals surface area contributed by atoms with E-state index in [2.05, 4.69) is 24.3 Å². The van der Waals surface area contributed by atoms with Crippen molar-refractivity contribution in [3.05, 3.63) is 23.7 Å². The van der Waals surface area contributed by atoms with Gasteiger partial charge in [-0.3, -0.25) is 15.1 Å². The lowest BCUT2D eigenvalue weighted by Gasteiger charge is -2.34. The Hall–Kier alpha value is -1.33. The highest BCUT2D eigenvalue weighted by Gasteiger charge is 2.24. The second kappa shape index (κ2) is 6.21. The molecular weight excluding hydrogens is 242 g/mol. The number of furan rings is 1. The Labute approximate surface area is 114 Å². The summed E-state index contributed by atoms with van der Waals surface area (Å²) in [5.41, 5.74) is 3.01. The van der Waals surface area contributed by atoms with Crippen molar-refractivity contribution in [2.24, 2.45) is 11.8 Å². The van der Waals surface area contributed by atoms with Crippen LogP contribution >= 0.6 is 0 Å². The van der Waals surface area contributed by atoms with Gasteiger partial charge in [-0.25, -0.2) is 5.84 Å². The molecule has 5 heteroatoms. The number of rotatable bonds is 4. The number of hydrazine groups is 1. The molecule has 0 saturated heterocycles. The van der Waals surface area contributed by atoms with Crippen molar-refractivity contribution >= 4 is 5.91 Å². The monoisotopic (exact) mass is 265 g/mol. The Balaban J connectivity index is 2.00. The highest BCUT2D eigenvalue weighted by Crippen LogP contribution is 2.27. The number of nitrogens with zero attached hydrogens (tertiary/aromatic N) is 1. The molecule has 1 aliphatic rings. The summed E-state index contributed by atoms with van der Waals surface area (Å²) in [7, 11) is 2.11. The molecule has 3 N–H and O–H groups in total. The number of amides is 1. The van der Waals surface area contributed by atoms with E-state index in [9.17, 15) is 4.79 Å². The van der Waals surface area contributed by atoms with E-state index >= 15 is 0 Å². The van der Waals surface area contributed by atoms with E-state index in [0.29, 0.717) is 11.8 Å². The standard InChI is InChI=1S/C14H23N3O2/c1-10-4-3-5-12(8-10)17(2)9-11-6-7-19-13(11)14(18)16-15/h6-7,10,12H,3-5,8-9,15H2,1-2H3,(H,16,18). The van der Waals surface area contributed by atoms with Gasteiger partial charge in [-0.2, -0.15) is 0 Å². The van der Waals surface area contributed by atoms with Gasteiger partial charge in [0.05, 0.1) is 6.26 Å². The Kier molecular flexibility index (Phi) is 4.61. The molecule has 0 bridgehead atoms. The van der Waals surface area contributed by atoms with Crippen LogP contribution in [-0.2, 0) is 6.54 Å². The molecule has 2 rings (SSSR count). The SMILES string of the molecule is CC1CCCC(N(C)Cc2ccoc2C(=O)NN)C1. The third-order valence-corrected chi connectivity index (χ3v) is 4.04. The normalized spacial score (nSPS) is 23.6. The summed E-state index contributed by atoms with van der Waals surface area (Å²) in [6.07, 6.45) is 6.62. The fraction of sp³-hybridized carbons (Fsp3) is 0.643. The molecule has 19 heavy (non-hydrogen) atoms. The molecular formula is C14H23N3O2. The molecule has 106 valence electrons. The van der Waals surface area contributed by atoms with E-state index in [0.717, 1.165) is 18.0 Å². The highest BCUT2D eigenvalue weighted by molar-refractivity contribution is 5.92. The summed E-state index contributed by atoms with van der Waals surface area (Å²) in [5.74, 6) is 5.89. The summed E-state index contributed by atoms with van der Waals surface area (Å²) >= 11 is 0. The van der Waals surface area contributed by atoms with Gasteiger partial charge in [0.2, 0.25) is 0 Å². The quantitative estimate of drug-likeness (QED) is 0.495. The first-order valence-electron chi connectivity index (χ1n) is 6.89. The molecule has 1 fully saturated rings. The van der Waals surface area contributed by atoms with Crippen LogP contribution in [0.4, 0.5) is 0 Å². The number of carbonyl (C=O) groups excluding carboxylic acids is 1. The van der Waals surface area contributed by atoms with Gasteiger partial charge in [-0.05, 0) is 31.9 Å². The fourth-order valence-corrected chi connectivity index (χ4v) is 2.93. The second-order valence-corrected chi connectivity index (χ2v) is 5.59. The molecule has 1 amide bonds. The van der Waals surface area contributed by atoms with Crippen LogP contribution in [0.15, 0.2) is 16.7 Å². The van der Waals surface area contributed by atoms with Crippen molar-refractivity contribution in [2.45, 2.75) is 45.2 Å². The van der Waals surface area contributed by atoms with Crippen molar-refractivity contribution in [1.82, 2.24) is 10.3 Å². The van der Waals surface area contributed by atoms with E-state index in [1.165, 1.54) is 31.9 Å². The molecule has 0 aromatic carbocycles. The van der Waals surface area contributed by atoms with E-state index in [4.69, 9.17) is 10.3 Å². The Morgan fingerprint density at radius 2 is 2.37 bits per heavy atom. The van der Waals surface area contributed by atoms with Gasteiger partial charge >= 0.3 is 5.91 Å². The van der Waals surface area contributed by atoms with E-state index in [1.54, 1.807) is 0 Å². The zero-order chi connectivity index (χ0) is 13.8. The van der Waals surface area contributed by atoms with Crippen molar-refractivity contribution in [2.75, 3.05) is 7.05 Å². The predicted molar refractivity (Wildman–Crippen MR) is 73.2 cm³/mol. The largest absolute Gasteiger partial charge is 0.459 e.